The van der Waals surface area contributed by atoms with Gasteiger partial charge in [-0.05, 0) is 70.0 Å². The van der Waals surface area contributed by atoms with Crippen molar-refractivity contribution in [3.8, 4) is 5.75 Å². The summed E-state index contributed by atoms with van der Waals surface area (Å²) in [4.78, 5) is 34.1. The van der Waals surface area contributed by atoms with Crippen molar-refractivity contribution in [3.63, 3.8) is 0 Å². The van der Waals surface area contributed by atoms with Gasteiger partial charge in [-0.1, -0.05) is 47.6 Å². The van der Waals surface area contributed by atoms with Crippen LogP contribution in [-0.4, -0.2) is 56.5 Å². The van der Waals surface area contributed by atoms with Crippen molar-refractivity contribution >= 4 is 68.6 Å². The van der Waals surface area contributed by atoms with Gasteiger partial charge in [0.2, 0.25) is 5.91 Å². The van der Waals surface area contributed by atoms with Gasteiger partial charge in [0, 0.05) is 41.8 Å². The second-order valence-electron chi connectivity index (χ2n) is 8.71. The fourth-order valence-corrected chi connectivity index (χ4v) is 6.27. The molecule has 3 aromatic carbocycles. The maximum atomic E-state index is 13.6. The van der Waals surface area contributed by atoms with Crippen LogP contribution in [0.15, 0.2) is 81.0 Å². The predicted octanol–water partition coefficient (Wildman–Crippen LogP) is 5.94. The van der Waals surface area contributed by atoms with Crippen LogP contribution < -0.4 is 14.5 Å². The number of benzene rings is 3. The van der Waals surface area contributed by atoms with E-state index in [1.165, 1.54) is 11.8 Å². The number of amides is 2. The van der Waals surface area contributed by atoms with E-state index < -0.39 is 0 Å². The molecule has 0 unspecified atom stereocenters. The third-order valence-electron chi connectivity index (χ3n) is 6.40. The van der Waals surface area contributed by atoms with Gasteiger partial charge in [-0.3, -0.25) is 14.5 Å². The standard InChI is InChI=1S/C28H25BrClN3O3S/c1-36-24-10-9-19(15-22(24)29)16-26-28(35)33(23-7-2-3-8-25(23)37-26)18-27(34)32-13-11-31(12-14-32)21-6-4-5-20(30)17-21/h2-10,15-17H,11-14,18H2,1H3/b26-16+. The molecule has 9 heteroatoms. The summed E-state index contributed by atoms with van der Waals surface area (Å²) in [5, 5.41) is 0.696. The number of fused-ring (bicyclic) bond motifs is 1. The molecule has 6 nitrogen and oxygen atoms in total. The lowest BCUT2D eigenvalue weighted by molar-refractivity contribution is -0.131. The van der Waals surface area contributed by atoms with Crippen LogP contribution in [0.3, 0.4) is 0 Å². The normalized spacial score (nSPS) is 16.7. The second kappa shape index (κ2) is 11.2. The fraction of sp³-hybridized carbons (Fsp3) is 0.214. The molecule has 2 aliphatic rings. The maximum Gasteiger partial charge on any atom is 0.265 e. The average molecular weight is 599 g/mol. The first-order chi connectivity index (χ1) is 17.9. The van der Waals surface area contributed by atoms with Crippen LogP contribution in [0.5, 0.6) is 5.75 Å². The number of piperazine rings is 1. The zero-order valence-electron chi connectivity index (χ0n) is 20.2. The molecule has 0 bridgehead atoms. The second-order valence-corrected chi connectivity index (χ2v) is 11.1. The zero-order valence-corrected chi connectivity index (χ0v) is 23.4. The topological polar surface area (TPSA) is 53.1 Å². The van der Waals surface area contributed by atoms with Gasteiger partial charge < -0.3 is 14.5 Å². The summed E-state index contributed by atoms with van der Waals surface area (Å²) >= 11 is 11.1. The number of methoxy groups -OCH3 is 1. The zero-order chi connectivity index (χ0) is 25.9. The molecule has 0 saturated carbocycles. The number of thioether (sulfide) groups is 1. The van der Waals surface area contributed by atoms with Crippen molar-refractivity contribution in [1.29, 1.82) is 0 Å². The summed E-state index contributed by atoms with van der Waals surface area (Å²) in [5.41, 5.74) is 2.68. The molecule has 37 heavy (non-hydrogen) atoms. The van der Waals surface area contributed by atoms with Gasteiger partial charge in [0.1, 0.15) is 12.3 Å². The first kappa shape index (κ1) is 25.7. The number of carbonyl (C=O) groups is 2. The number of anilines is 2. The van der Waals surface area contributed by atoms with Gasteiger partial charge >= 0.3 is 0 Å². The minimum atomic E-state index is -0.179. The third-order valence-corrected chi connectivity index (χ3v) is 8.34. The van der Waals surface area contributed by atoms with E-state index in [0.29, 0.717) is 36.1 Å². The van der Waals surface area contributed by atoms with Crippen molar-refractivity contribution in [2.45, 2.75) is 4.90 Å². The highest BCUT2D eigenvalue weighted by molar-refractivity contribution is 9.10. The highest BCUT2D eigenvalue weighted by Gasteiger charge is 2.32. The van der Waals surface area contributed by atoms with Gasteiger partial charge in [-0.15, -0.1) is 0 Å². The lowest BCUT2D eigenvalue weighted by Crippen LogP contribution is -2.52. The summed E-state index contributed by atoms with van der Waals surface area (Å²) in [5.74, 6) is 0.478. The van der Waals surface area contributed by atoms with Crippen molar-refractivity contribution in [2.75, 3.05) is 49.6 Å². The summed E-state index contributed by atoms with van der Waals surface area (Å²) in [6.45, 7) is 2.60. The molecule has 0 aliphatic carbocycles. The van der Waals surface area contributed by atoms with Gasteiger partial charge in [0.15, 0.2) is 0 Å². The number of ether oxygens (including phenoxy) is 1. The molecule has 0 spiro atoms. The van der Waals surface area contributed by atoms with E-state index in [4.69, 9.17) is 16.3 Å². The molecule has 0 aromatic heterocycles. The first-order valence-electron chi connectivity index (χ1n) is 11.9. The van der Waals surface area contributed by atoms with Crippen molar-refractivity contribution in [3.05, 3.63) is 86.7 Å². The van der Waals surface area contributed by atoms with Crippen LogP contribution in [0.2, 0.25) is 5.02 Å². The summed E-state index contributed by atoms with van der Waals surface area (Å²) < 4.78 is 6.12. The van der Waals surface area contributed by atoms with Gasteiger partial charge in [0.05, 0.1) is 22.2 Å². The summed E-state index contributed by atoms with van der Waals surface area (Å²) in [6.07, 6.45) is 1.86. The average Bonchev–Trinajstić information content (AvgIpc) is 2.91. The van der Waals surface area contributed by atoms with Crippen LogP contribution in [-0.2, 0) is 9.59 Å². The highest BCUT2D eigenvalue weighted by Crippen LogP contribution is 2.42. The lowest BCUT2D eigenvalue weighted by atomic mass is 10.2. The molecule has 0 atom stereocenters. The SMILES string of the molecule is COc1ccc(/C=C2/Sc3ccccc3N(CC(=O)N3CCN(c4cccc(Cl)c4)CC3)C2=O)cc1Br. The smallest absolute Gasteiger partial charge is 0.265 e. The molecule has 0 radical (unpaired) electrons. The fourth-order valence-electron chi connectivity index (χ4n) is 4.47. The van der Waals surface area contributed by atoms with Crippen molar-refractivity contribution in [2.24, 2.45) is 0 Å². The van der Waals surface area contributed by atoms with Gasteiger partial charge in [-0.25, -0.2) is 0 Å². The Morgan fingerprint density at radius 3 is 2.57 bits per heavy atom. The van der Waals surface area contributed by atoms with Crippen LogP contribution in [0.1, 0.15) is 5.56 Å². The number of hydrogen-bond donors (Lipinski definition) is 0. The monoisotopic (exact) mass is 597 g/mol. The maximum absolute atomic E-state index is 13.6. The molecule has 5 rings (SSSR count). The van der Waals surface area contributed by atoms with Crippen LogP contribution >= 0.6 is 39.3 Å². The Bertz CT molecular complexity index is 1370. The Hall–Kier alpha value is -2.94. The van der Waals surface area contributed by atoms with E-state index in [2.05, 4.69) is 20.8 Å². The van der Waals surface area contributed by atoms with Crippen molar-refractivity contribution in [1.82, 2.24) is 4.90 Å². The van der Waals surface area contributed by atoms with E-state index >= 15 is 0 Å². The largest absolute Gasteiger partial charge is 0.496 e. The lowest BCUT2D eigenvalue weighted by Gasteiger charge is -2.37. The highest BCUT2D eigenvalue weighted by atomic mass is 79.9. The quantitative estimate of drug-likeness (QED) is 0.340. The predicted molar refractivity (Wildman–Crippen MR) is 154 cm³/mol. The van der Waals surface area contributed by atoms with E-state index in [-0.39, 0.29) is 18.4 Å². The van der Waals surface area contributed by atoms with E-state index in [1.54, 1.807) is 12.0 Å². The molecule has 2 amide bonds. The Balaban J connectivity index is 1.32. The minimum Gasteiger partial charge on any atom is -0.496 e. The Morgan fingerprint density at radius 1 is 1.05 bits per heavy atom. The molecule has 3 aromatic rings. The van der Waals surface area contributed by atoms with Crippen LogP contribution in [0.25, 0.3) is 6.08 Å². The Morgan fingerprint density at radius 2 is 1.84 bits per heavy atom. The minimum absolute atomic E-state index is 0.00276. The number of carbonyl (C=O) groups excluding carboxylic acids is 2. The Labute approximate surface area is 234 Å². The molecule has 0 N–H and O–H groups in total. The number of nitrogens with zero attached hydrogens (tertiary/aromatic N) is 3. The van der Waals surface area contributed by atoms with Crippen LogP contribution in [0.4, 0.5) is 11.4 Å². The summed E-state index contributed by atoms with van der Waals surface area (Å²) in [6, 6.07) is 21.1. The molecular formula is C28H25BrClN3O3S. The Kier molecular flexibility index (Phi) is 7.79. The number of para-hydroxylation sites is 1. The number of hydrogen-bond acceptors (Lipinski definition) is 5. The molecule has 1 saturated heterocycles. The van der Waals surface area contributed by atoms with E-state index in [9.17, 15) is 9.59 Å². The number of halogens is 2. The van der Waals surface area contributed by atoms with E-state index in [0.717, 1.165) is 32.1 Å². The summed E-state index contributed by atoms with van der Waals surface area (Å²) in [7, 11) is 1.61. The van der Waals surface area contributed by atoms with Gasteiger partial charge in [0.25, 0.3) is 5.91 Å². The number of rotatable bonds is 5. The molecule has 2 aliphatic heterocycles. The van der Waals surface area contributed by atoms with Crippen LogP contribution in [0, 0.1) is 0 Å². The molecule has 190 valence electrons. The van der Waals surface area contributed by atoms with E-state index in [1.807, 2.05) is 77.7 Å². The van der Waals surface area contributed by atoms with Crippen molar-refractivity contribution < 1.29 is 14.3 Å². The first-order valence-corrected chi connectivity index (χ1v) is 13.8. The molecule has 2 heterocycles. The molecular weight excluding hydrogens is 574 g/mol. The van der Waals surface area contributed by atoms with Gasteiger partial charge in [-0.2, -0.15) is 0 Å². The third kappa shape index (κ3) is 5.66. The molecule has 1 fully saturated rings.